The van der Waals surface area contributed by atoms with E-state index in [9.17, 15) is 9.59 Å². The first-order valence-electron chi connectivity index (χ1n) is 10.1. The highest BCUT2D eigenvalue weighted by atomic mass is 16.5. The Balaban J connectivity index is 1.56. The predicted molar refractivity (Wildman–Crippen MR) is 121 cm³/mol. The summed E-state index contributed by atoms with van der Waals surface area (Å²) in [5.41, 5.74) is 2.53. The van der Waals surface area contributed by atoms with Gasteiger partial charge in [-0.1, -0.05) is 42.5 Å². The average molecular weight is 418 g/mol. The number of rotatable bonds is 10. The molecule has 0 unspecified atom stereocenters. The van der Waals surface area contributed by atoms with Gasteiger partial charge in [0.15, 0.2) is 0 Å². The summed E-state index contributed by atoms with van der Waals surface area (Å²) in [6, 6.07) is 23.9. The minimum Gasteiger partial charge on any atom is -0.493 e. The molecule has 3 aromatic rings. The summed E-state index contributed by atoms with van der Waals surface area (Å²) < 4.78 is 10.7. The van der Waals surface area contributed by atoms with Crippen LogP contribution >= 0.6 is 0 Å². The molecule has 3 aromatic carbocycles. The van der Waals surface area contributed by atoms with E-state index in [1.54, 1.807) is 55.6 Å². The standard InChI is InChI=1S/C25H26N2O4/c1-30-18-16-26-25(29)22-9-5-6-10-23(22)27-24(28)20-11-13-21(14-12-20)31-17-15-19-7-3-2-4-8-19/h2-14H,15-18H2,1H3,(H,26,29)(H,27,28). The molecule has 0 radical (unpaired) electrons. The van der Waals surface area contributed by atoms with Crippen molar-refractivity contribution in [1.82, 2.24) is 5.32 Å². The Bertz CT molecular complexity index is 988. The van der Waals surface area contributed by atoms with Crippen molar-refractivity contribution in [1.29, 1.82) is 0 Å². The van der Waals surface area contributed by atoms with Crippen LogP contribution in [0.2, 0.25) is 0 Å². The second-order valence-electron chi connectivity index (χ2n) is 6.86. The molecule has 31 heavy (non-hydrogen) atoms. The molecule has 0 aliphatic rings. The fourth-order valence-electron chi connectivity index (χ4n) is 2.98. The Hall–Kier alpha value is -3.64. The molecule has 0 heterocycles. The molecule has 0 aliphatic carbocycles. The molecular weight excluding hydrogens is 392 g/mol. The van der Waals surface area contributed by atoms with Gasteiger partial charge in [-0.25, -0.2) is 0 Å². The Morgan fingerprint density at radius 2 is 1.52 bits per heavy atom. The molecule has 6 nitrogen and oxygen atoms in total. The molecule has 3 rings (SSSR count). The third-order valence-corrected chi connectivity index (χ3v) is 4.63. The van der Waals surface area contributed by atoms with E-state index in [4.69, 9.17) is 9.47 Å². The number of anilines is 1. The lowest BCUT2D eigenvalue weighted by Gasteiger charge is -2.12. The minimum absolute atomic E-state index is 0.268. The molecule has 0 bridgehead atoms. The third kappa shape index (κ3) is 6.69. The molecule has 2 N–H and O–H groups in total. The maximum Gasteiger partial charge on any atom is 0.255 e. The van der Waals surface area contributed by atoms with Crippen molar-refractivity contribution in [2.75, 3.05) is 32.2 Å². The summed E-state index contributed by atoms with van der Waals surface area (Å²) >= 11 is 0. The number of nitrogens with one attached hydrogen (secondary N) is 2. The van der Waals surface area contributed by atoms with Crippen LogP contribution in [0.4, 0.5) is 5.69 Å². The van der Waals surface area contributed by atoms with Crippen molar-refractivity contribution in [3.8, 4) is 5.75 Å². The smallest absolute Gasteiger partial charge is 0.255 e. The van der Waals surface area contributed by atoms with Gasteiger partial charge in [0.2, 0.25) is 0 Å². The molecule has 2 amide bonds. The Morgan fingerprint density at radius 1 is 0.806 bits per heavy atom. The van der Waals surface area contributed by atoms with Crippen molar-refractivity contribution in [2.24, 2.45) is 0 Å². The lowest BCUT2D eigenvalue weighted by molar-refractivity contribution is 0.0938. The number of carbonyl (C=O) groups excluding carboxylic acids is 2. The van der Waals surface area contributed by atoms with E-state index in [0.29, 0.717) is 42.3 Å². The van der Waals surface area contributed by atoms with E-state index in [1.165, 1.54) is 5.56 Å². The van der Waals surface area contributed by atoms with Crippen LogP contribution in [0.1, 0.15) is 26.3 Å². The monoisotopic (exact) mass is 418 g/mol. The van der Waals surface area contributed by atoms with Crippen molar-refractivity contribution in [3.63, 3.8) is 0 Å². The van der Waals surface area contributed by atoms with Crippen LogP contribution < -0.4 is 15.4 Å². The van der Waals surface area contributed by atoms with Crippen molar-refractivity contribution in [2.45, 2.75) is 6.42 Å². The highest BCUT2D eigenvalue weighted by Crippen LogP contribution is 2.18. The highest BCUT2D eigenvalue weighted by molar-refractivity contribution is 6.09. The van der Waals surface area contributed by atoms with Gasteiger partial charge >= 0.3 is 0 Å². The molecule has 0 saturated heterocycles. The maximum absolute atomic E-state index is 12.7. The van der Waals surface area contributed by atoms with Gasteiger partial charge in [-0.3, -0.25) is 9.59 Å². The number of ether oxygens (including phenoxy) is 2. The molecule has 0 spiro atoms. The summed E-state index contributed by atoms with van der Waals surface area (Å²) in [5, 5.41) is 5.57. The average Bonchev–Trinajstić information content (AvgIpc) is 2.80. The van der Waals surface area contributed by atoms with Crippen LogP contribution in [0.5, 0.6) is 5.75 Å². The van der Waals surface area contributed by atoms with Crippen molar-refractivity contribution >= 4 is 17.5 Å². The van der Waals surface area contributed by atoms with E-state index in [-0.39, 0.29) is 11.8 Å². The van der Waals surface area contributed by atoms with Gasteiger partial charge in [-0.15, -0.1) is 0 Å². The lowest BCUT2D eigenvalue weighted by atomic mass is 10.1. The summed E-state index contributed by atoms with van der Waals surface area (Å²) in [5.74, 6) is 0.133. The first-order valence-corrected chi connectivity index (χ1v) is 10.1. The maximum atomic E-state index is 12.7. The summed E-state index contributed by atoms with van der Waals surface area (Å²) in [7, 11) is 1.57. The molecule has 0 saturated carbocycles. The zero-order chi connectivity index (χ0) is 21.9. The largest absolute Gasteiger partial charge is 0.493 e. The highest BCUT2D eigenvalue weighted by Gasteiger charge is 2.14. The van der Waals surface area contributed by atoms with E-state index in [1.807, 2.05) is 18.2 Å². The predicted octanol–water partition coefficient (Wildman–Crippen LogP) is 3.94. The third-order valence-electron chi connectivity index (χ3n) is 4.63. The van der Waals surface area contributed by atoms with Gasteiger partial charge in [0.1, 0.15) is 5.75 Å². The number of amides is 2. The van der Waals surface area contributed by atoms with Gasteiger partial charge < -0.3 is 20.1 Å². The first-order chi connectivity index (χ1) is 15.2. The SMILES string of the molecule is COCCNC(=O)c1ccccc1NC(=O)c1ccc(OCCc2ccccc2)cc1. The van der Waals surface area contributed by atoms with Crippen LogP contribution in [-0.2, 0) is 11.2 Å². The zero-order valence-electron chi connectivity index (χ0n) is 17.5. The molecule has 0 aliphatic heterocycles. The Labute approximate surface area is 182 Å². The summed E-state index contributed by atoms with van der Waals surface area (Å²) in [4.78, 5) is 25.0. The van der Waals surface area contributed by atoms with Crippen LogP contribution in [0.25, 0.3) is 0 Å². The molecule has 6 heteroatoms. The number of hydrogen-bond donors (Lipinski definition) is 2. The second-order valence-corrected chi connectivity index (χ2v) is 6.86. The number of methoxy groups -OCH3 is 1. The fraction of sp³-hybridized carbons (Fsp3) is 0.200. The number of carbonyl (C=O) groups is 2. The van der Waals surface area contributed by atoms with E-state index in [2.05, 4.69) is 22.8 Å². The van der Waals surface area contributed by atoms with E-state index < -0.39 is 0 Å². The Morgan fingerprint density at radius 3 is 2.26 bits per heavy atom. The quantitative estimate of drug-likeness (QED) is 0.489. The van der Waals surface area contributed by atoms with Crippen LogP contribution in [-0.4, -0.2) is 38.7 Å². The van der Waals surface area contributed by atoms with Gasteiger partial charge in [-0.05, 0) is 42.0 Å². The summed E-state index contributed by atoms with van der Waals surface area (Å²) in [6.07, 6.45) is 0.812. The van der Waals surface area contributed by atoms with Crippen molar-refractivity contribution in [3.05, 3.63) is 95.6 Å². The Kier molecular flexibility index (Phi) is 8.20. The van der Waals surface area contributed by atoms with Gasteiger partial charge in [0, 0.05) is 25.6 Å². The summed E-state index contributed by atoms with van der Waals surface area (Å²) in [6.45, 7) is 1.37. The van der Waals surface area contributed by atoms with E-state index >= 15 is 0 Å². The van der Waals surface area contributed by atoms with Crippen LogP contribution in [0, 0.1) is 0 Å². The van der Waals surface area contributed by atoms with E-state index in [0.717, 1.165) is 6.42 Å². The van der Waals surface area contributed by atoms with Gasteiger partial charge in [0.25, 0.3) is 11.8 Å². The fourth-order valence-corrected chi connectivity index (χ4v) is 2.98. The molecular formula is C25H26N2O4. The number of para-hydroxylation sites is 1. The lowest BCUT2D eigenvalue weighted by Crippen LogP contribution is -2.28. The zero-order valence-corrected chi connectivity index (χ0v) is 17.5. The first kappa shape index (κ1) is 22.1. The number of hydrogen-bond acceptors (Lipinski definition) is 4. The minimum atomic E-state index is -0.298. The molecule has 0 atom stereocenters. The van der Waals surface area contributed by atoms with Gasteiger partial charge in [-0.2, -0.15) is 0 Å². The second kappa shape index (κ2) is 11.5. The number of benzene rings is 3. The molecule has 160 valence electrons. The molecule has 0 fully saturated rings. The van der Waals surface area contributed by atoms with Crippen molar-refractivity contribution < 1.29 is 19.1 Å². The molecule has 0 aromatic heterocycles. The normalized spacial score (nSPS) is 10.4. The van der Waals surface area contributed by atoms with Gasteiger partial charge in [0.05, 0.1) is 24.5 Å². The van der Waals surface area contributed by atoms with Crippen LogP contribution in [0.15, 0.2) is 78.9 Å². The van der Waals surface area contributed by atoms with Crippen LogP contribution in [0.3, 0.4) is 0 Å². The topological polar surface area (TPSA) is 76.7 Å².